The number of likely N-dealkylation sites (N-methyl/N-ethyl adjacent to an activating group) is 1. The Kier molecular flexibility index (Phi) is 5.84. The molecule has 0 spiro atoms. The first-order valence-corrected chi connectivity index (χ1v) is 8.79. The minimum Gasteiger partial charge on any atom is -0.484 e. The normalized spacial score (nSPS) is 13.1. The fraction of sp³-hybridized carbons (Fsp3) is 0.350. The Morgan fingerprint density at radius 3 is 2.81 bits per heavy atom. The van der Waals surface area contributed by atoms with Crippen molar-refractivity contribution in [3.05, 3.63) is 54.4 Å². The lowest BCUT2D eigenvalue weighted by atomic mass is 10.2. The molecule has 1 aliphatic carbocycles. The lowest BCUT2D eigenvalue weighted by Gasteiger charge is -2.17. The zero-order valence-electron chi connectivity index (χ0n) is 14.9. The summed E-state index contributed by atoms with van der Waals surface area (Å²) < 4.78 is 5.58. The monoisotopic (exact) mass is 353 g/mol. The third kappa shape index (κ3) is 5.31. The van der Waals surface area contributed by atoms with Crippen molar-refractivity contribution in [2.45, 2.75) is 19.3 Å². The van der Waals surface area contributed by atoms with Gasteiger partial charge in [0.05, 0.1) is 0 Å². The fourth-order valence-corrected chi connectivity index (χ4v) is 2.46. The number of rotatable bonds is 8. The van der Waals surface area contributed by atoms with Gasteiger partial charge in [-0.25, -0.2) is 0 Å². The maximum Gasteiger partial charge on any atom is 0.260 e. The molecule has 1 N–H and O–H groups in total. The lowest BCUT2D eigenvalue weighted by Crippen LogP contribution is -2.33. The summed E-state index contributed by atoms with van der Waals surface area (Å²) in [5.74, 6) is 0.653. The van der Waals surface area contributed by atoms with E-state index in [1.54, 1.807) is 36.3 Å². The van der Waals surface area contributed by atoms with Crippen LogP contribution in [0.5, 0.6) is 5.75 Å². The van der Waals surface area contributed by atoms with E-state index < -0.39 is 0 Å². The van der Waals surface area contributed by atoms with E-state index in [0.29, 0.717) is 24.4 Å². The topological polar surface area (TPSA) is 71.5 Å². The summed E-state index contributed by atoms with van der Waals surface area (Å²) in [5, 5.41) is 2.87. The molecule has 1 aliphatic rings. The van der Waals surface area contributed by atoms with Gasteiger partial charge in [-0.3, -0.25) is 14.6 Å². The summed E-state index contributed by atoms with van der Waals surface area (Å²) in [6.45, 7) is 0.537. The van der Waals surface area contributed by atoms with E-state index >= 15 is 0 Å². The van der Waals surface area contributed by atoms with E-state index in [0.717, 1.165) is 18.5 Å². The van der Waals surface area contributed by atoms with Gasteiger partial charge in [-0.05, 0) is 37.1 Å². The van der Waals surface area contributed by atoms with Crippen LogP contribution in [0.25, 0.3) is 0 Å². The Hall–Kier alpha value is -2.89. The maximum atomic E-state index is 12.2. The molecule has 0 saturated heterocycles. The number of anilines is 1. The molecule has 1 saturated carbocycles. The molecular formula is C20H23N3O3. The van der Waals surface area contributed by atoms with Crippen LogP contribution in [-0.2, 0) is 16.0 Å². The number of amides is 2. The highest BCUT2D eigenvalue weighted by atomic mass is 16.5. The minimum absolute atomic E-state index is 0.0429. The van der Waals surface area contributed by atoms with Crippen LogP contribution < -0.4 is 10.1 Å². The second kappa shape index (κ2) is 8.47. The first-order valence-electron chi connectivity index (χ1n) is 8.79. The first kappa shape index (κ1) is 17.9. The van der Waals surface area contributed by atoms with Crippen molar-refractivity contribution >= 4 is 17.5 Å². The highest BCUT2D eigenvalue weighted by Crippen LogP contribution is 2.30. The van der Waals surface area contributed by atoms with Crippen molar-refractivity contribution in [3.8, 4) is 5.75 Å². The van der Waals surface area contributed by atoms with Gasteiger partial charge in [-0.1, -0.05) is 12.1 Å². The molecular weight excluding hydrogens is 330 g/mol. The molecule has 2 amide bonds. The van der Waals surface area contributed by atoms with E-state index in [1.165, 1.54) is 0 Å². The van der Waals surface area contributed by atoms with E-state index in [4.69, 9.17) is 4.74 Å². The van der Waals surface area contributed by atoms with Crippen LogP contribution in [0, 0.1) is 5.92 Å². The van der Waals surface area contributed by atoms with Gasteiger partial charge in [0.25, 0.3) is 5.91 Å². The number of ether oxygens (including phenoxy) is 1. The van der Waals surface area contributed by atoms with Crippen LogP contribution >= 0.6 is 0 Å². The molecule has 0 atom stereocenters. The van der Waals surface area contributed by atoms with E-state index in [-0.39, 0.29) is 24.3 Å². The van der Waals surface area contributed by atoms with Crippen LogP contribution in [-0.4, -0.2) is 41.9 Å². The minimum atomic E-state index is -0.103. The number of carbonyl (C=O) groups excluding carboxylic acids is 2. The van der Waals surface area contributed by atoms with Gasteiger partial charge in [-0.15, -0.1) is 0 Å². The smallest absolute Gasteiger partial charge is 0.260 e. The molecule has 0 aliphatic heterocycles. The van der Waals surface area contributed by atoms with Crippen LogP contribution in [0.15, 0.2) is 48.7 Å². The summed E-state index contributed by atoms with van der Waals surface area (Å²) in [5.41, 5.74) is 1.64. The van der Waals surface area contributed by atoms with Crippen molar-refractivity contribution in [3.63, 3.8) is 0 Å². The Labute approximate surface area is 153 Å². The van der Waals surface area contributed by atoms with Gasteiger partial charge >= 0.3 is 0 Å². The average molecular weight is 353 g/mol. The number of pyridine rings is 1. The summed E-state index contributed by atoms with van der Waals surface area (Å²) in [6, 6.07) is 12.9. The predicted molar refractivity (Wildman–Crippen MR) is 98.9 cm³/mol. The molecule has 6 nitrogen and oxygen atoms in total. The number of hydrogen-bond donors (Lipinski definition) is 1. The van der Waals surface area contributed by atoms with E-state index in [2.05, 4.69) is 10.3 Å². The number of nitrogens with zero attached hydrogens (tertiary/aromatic N) is 2. The third-order valence-electron chi connectivity index (χ3n) is 4.27. The Morgan fingerprint density at radius 2 is 2.08 bits per heavy atom. The summed E-state index contributed by atoms with van der Waals surface area (Å²) in [4.78, 5) is 29.9. The molecule has 3 rings (SSSR count). The molecule has 0 radical (unpaired) electrons. The van der Waals surface area contributed by atoms with Crippen molar-refractivity contribution in [2.24, 2.45) is 5.92 Å². The second-order valence-electron chi connectivity index (χ2n) is 6.47. The van der Waals surface area contributed by atoms with Crippen molar-refractivity contribution < 1.29 is 14.3 Å². The average Bonchev–Trinajstić information content (AvgIpc) is 3.50. The highest BCUT2D eigenvalue weighted by molar-refractivity contribution is 5.94. The fourth-order valence-electron chi connectivity index (χ4n) is 2.46. The summed E-state index contributed by atoms with van der Waals surface area (Å²) in [6.07, 6.45) is 4.36. The van der Waals surface area contributed by atoms with Crippen molar-refractivity contribution in [1.29, 1.82) is 0 Å². The molecule has 136 valence electrons. The lowest BCUT2D eigenvalue weighted by molar-refractivity contribution is -0.132. The standard InChI is InChI=1S/C20H23N3O3/c1-23(12-10-16-5-2-3-11-21-16)19(24)14-26-18-7-4-6-17(13-18)22-20(25)15-8-9-15/h2-7,11,13,15H,8-10,12,14H2,1H3,(H,22,25). The van der Waals surface area contributed by atoms with Crippen molar-refractivity contribution in [2.75, 3.05) is 25.5 Å². The van der Waals surface area contributed by atoms with Crippen LogP contribution in [0.3, 0.4) is 0 Å². The van der Waals surface area contributed by atoms with Gasteiger partial charge in [-0.2, -0.15) is 0 Å². The SMILES string of the molecule is CN(CCc1ccccn1)C(=O)COc1cccc(NC(=O)C2CC2)c1. The van der Waals surface area contributed by atoms with E-state index in [9.17, 15) is 9.59 Å². The number of hydrogen-bond acceptors (Lipinski definition) is 4. The predicted octanol–water partition coefficient (Wildman–Crippen LogP) is 2.51. The zero-order chi connectivity index (χ0) is 18.4. The van der Waals surface area contributed by atoms with Crippen LogP contribution in [0.2, 0.25) is 0 Å². The Morgan fingerprint density at radius 1 is 1.23 bits per heavy atom. The van der Waals surface area contributed by atoms with Crippen LogP contribution in [0.1, 0.15) is 18.5 Å². The largest absolute Gasteiger partial charge is 0.484 e. The number of benzene rings is 1. The van der Waals surface area contributed by atoms with Gasteiger partial charge in [0.2, 0.25) is 5.91 Å². The molecule has 0 bridgehead atoms. The molecule has 1 heterocycles. The third-order valence-corrected chi connectivity index (χ3v) is 4.27. The molecule has 1 aromatic carbocycles. The van der Waals surface area contributed by atoms with Crippen molar-refractivity contribution in [1.82, 2.24) is 9.88 Å². The van der Waals surface area contributed by atoms with Gasteiger partial charge in [0.1, 0.15) is 5.75 Å². The quantitative estimate of drug-likeness (QED) is 0.791. The molecule has 26 heavy (non-hydrogen) atoms. The molecule has 0 unspecified atom stereocenters. The van der Waals surface area contributed by atoms with Crippen LogP contribution in [0.4, 0.5) is 5.69 Å². The summed E-state index contributed by atoms with van der Waals surface area (Å²) in [7, 11) is 1.75. The molecule has 1 aromatic heterocycles. The Bertz CT molecular complexity index is 760. The zero-order valence-corrected chi connectivity index (χ0v) is 14.9. The number of aromatic nitrogens is 1. The highest BCUT2D eigenvalue weighted by Gasteiger charge is 2.29. The van der Waals surface area contributed by atoms with E-state index in [1.807, 2.05) is 24.3 Å². The van der Waals surface area contributed by atoms with Gasteiger partial charge < -0.3 is 15.0 Å². The number of nitrogens with one attached hydrogen (secondary N) is 1. The molecule has 6 heteroatoms. The molecule has 1 fully saturated rings. The molecule has 2 aromatic rings. The first-order chi connectivity index (χ1) is 12.6. The maximum absolute atomic E-state index is 12.2. The second-order valence-corrected chi connectivity index (χ2v) is 6.47. The van der Waals surface area contributed by atoms with Gasteiger partial charge in [0, 0.05) is 49.6 Å². The Balaban J connectivity index is 1.45. The van der Waals surface area contributed by atoms with Gasteiger partial charge in [0.15, 0.2) is 6.61 Å². The summed E-state index contributed by atoms with van der Waals surface area (Å²) >= 11 is 0. The number of carbonyl (C=O) groups is 2.